The van der Waals surface area contributed by atoms with E-state index >= 15 is 0 Å². The number of halogens is 3. The van der Waals surface area contributed by atoms with Gasteiger partial charge in [-0.15, -0.1) is 0 Å². The minimum atomic E-state index is -5.84. The van der Waals surface area contributed by atoms with Crippen LogP contribution in [0.2, 0.25) is 0 Å². The second-order valence-electron chi connectivity index (χ2n) is 1.59. The van der Waals surface area contributed by atoms with Crippen LogP contribution in [0.1, 0.15) is 6.92 Å². The highest BCUT2D eigenvalue weighted by Crippen LogP contribution is 2.20. The maximum atomic E-state index is 10.7. The van der Waals surface area contributed by atoms with E-state index in [0.717, 1.165) is 0 Å². The van der Waals surface area contributed by atoms with Gasteiger partial charge in [0.05, 0.1) is 0 Å². The number of carbonyl (C=O) groups is 1. The van der Waals surface area contributed by atoms with Crippen molar-refractivity contribution in [2.45, 2.75) is 12.4 Å². The average molecular weight is 225 g/mol. The zero-order valence-corrected chi connectivity index (χ0v) is 6.98. The zero-order valence-electron chi connectivity index (χ0n) is 6.16. The second kappa shape index (κ2) is 4.99. The maximum Gasteiger partial charge on any atom is 0.522 e. The highest BCUT2D eigenvalue weighted by Gasteiger charge is 2.44. The first-order valence-corrected chi connectivity index (χ1v) is 3.90. The van der Waals surface area contributed by atoms with Gasteiger partial charge in [0, 0.05) is 6.92 Å². The third kappa shape index (κ3) is 9.04. The summed E-state index contributed by atoms with van der Waals surface area (Å²) in [6, 6.07) is 0. The number of hydroxylamine groups is 1. The van der Waals surface area contributed by atoms with Gasteiger partial charge in [0.1, 0.15) is 0 Å². The van der Waals surface area contributed by atoms with E-state index in [4.69, 9.17) is 18.2 Å². The molecule has 0 aromatic rings. The molecule has 0 rings (SSSR count). The van der Waals surface area contributed by atoms with Gasteiger partial charge in [-0.3, -0.25) is 14.6 Å². The number of hydrogen-bond donors (Lipinski definition) is 3. The second-order valence-corrected chi connectivity index (χ2v) is 3.00. The predicted molar refractivity (Wildman–Crippen MR) is 33.2 cm³/mol. The van der Waals surface area contributed by atoms with Crippen LogP contribution in [0, 0.1) is 0 Å². The lowest BCUT2D eigenvalue weighted by atomic mass is 10.8. The Balaban J connectivity index is 0. The van der Waals surface area contributed by atoms with Crippen molar-refractivity contribution in [3.05, 3.63) is 0 Å². The molecule has 0 aliphatic heterocycles. The minimum absolute atomic E-state index is 0.440. The third-order valence-corrected chi connectivity index (χ3v) is 1.03. The molecule has 10 heteroatoms. The Hall–Kier alpha value is -0.870. The third-order valence-electron chi connectivity index (χ3n) is 0.450. The molecule has 0 radical (unpaired) electrons. The van der Waals surface area contributed by atoms with Gasteiger partial charge >= 0.3 is 15.6 Å². The SMILES string of the molecule is CC(=O)NO.O=S(=O)(O)C(F)(F)F. The number of nitrogens with one attached hydrogen (secondary N) is 1. The fourth-order valence-corrected chi connectivity index (χ4v) is 0. The Morgan fingerprint density at radius 1 is 1.38 bits per heavy atom. The maximum absolute atomic E-state index is 10.7. The Bertz CT molecular complexity index is 257. The molecule has 0 saturated heterocycles. The summed E-state index contributed by atoms with van der Waals surface area (Å²) in [6.45, 7) is 1.22. The summed E-state index contributed by atoms with van der Waals surface area (Å²) in [5.74, 6) is -0.440. The molecular weight excluding hydrogens is 219 g/mol. The molecule has 13 heavy (non-hydrogen) atoms. The molecule has 0 aliphatic rings. The number of rotatable bonds is 0. The van der Waals surface area contributed by atoms with Gasteiger partial charge in [-0.05, 0) is 0 Å². The molecule has 6 nitrogen and oxygen atoms in total. The van der Waals surface area contributed by atoms with E-state index < -0.39 is 21.5 Å². The van der Waals surface area contributed by atoms with Crippen molar-refractivity contribution in [3.8, 4) is 0 Å². The van der Waals surface area contributed by atoms with Gasteiger partial charge in [-0.25, -0.2) is 5.48 Å². The molecule has 0 heterocycles. The van der Waals surface area contributed by atoms with Crippen molar-refractivity contribution in [2.75, 3.05) is 0 Å². The molecule has 0 bridgehead atoms. The summed E-state index contributed by atoms with van der Waals surface area (Å²) in [5.41, 5.74) is -4.15. The lowest BCUT2D eigenvalue weighted by molar-refractivity contribution is -0.126. The van der Waals surface area contributed by atoms with Gasteiger partial charge in [0.2, 0.25) is 5.91 Å². The summed E-state index contributed by atoms with van der Waals surface area (Å²) in [4.78, 5) is 9.45. The number of alkyl halides is 3. The highest BCUT2D eigenvalue weighted by atomic mass is 32.2. The van der Waals surface area contributed by atoms with Gasteiger partial charge in [-0.2, -0.15) is 21.6 Å². The van der Waals surface area contributed by atoms with E-state index in [2.05, 4.69) is 0 Å². The van der Waals surface area contributed by atoms with Gasteiger partial charge in [-0.1, -0.05) is 0 Å². The first-order chi connectivity index (χ1) is 5.52. The molecule has 0 aromatic carbocycles. The van der Waals surface area contributed by atoms with Crippen molar-refractivity contribution < 1.29 is 36.1 Å². The van der Waals surface area contributed by atoms with Crippen molar-refractivity contribution in [3.63, 3.8) is 0 Å². The number of hydrogen-bond acceptors (Lipinski definition) is 4. The van der Waals surface area contributed by atoms with Crippen molar-refractivity contribution in [1.29, 1.82) is 0 Å². The van der Waals surface area contributed by atoms with Crippen LogP contribution in [0.15, 0.2) is 0 Å². The summed E-state index contributed by atoms with van der Waals surface area (Å²) in [7, 11) is -5.84. The summed E-state index contributed by atoms with van der Waals surface area (Å²) in [6.07, 6.45) is 0. The van der Waals surface area contributed by atoms with Crippen LogP contribution in [-0.2, 0) is 14.9 Å². The molecule has 0 atom stereocenters. The van der Waals surface area contributed by atoms with Crippen LogP contribution in [-0.4, -0.2) is 29.6 Å². The van der Waals surface area contributed by atoms with Gasteiger partial charge < -0.3 is 0 Å². The predicted octanol–water partition coefficient (Wildman–Crippen LogP) is -0.0943. The lowest BCUT2D eigenvalue weighted by Crippen LogP contribution is -2.21. The van der Waals surface area contributed by atoms with Crippen molar-refractivity contribution in [2.24, 2.45) is 0 Å². The van der Waals surface area contributed by atoms with Gasteiger partial charge in [0.15, 0.2) is 0 Å². The van der Waals surface area contributed by atoms with E-state index in [1.807, 2.05) is 0 Å². The fourth-order valence-electron chi connectivity index (χ4n) is 0. The Kier molecular flexibility index (Phi) is 5.62. The summed E-state index contributed by atoms with van der Waals surface area (Å²) < 4.78 is 57.5. The van der Waals surface area contributed by atoms with Crippen LogP contribution in [0.25, 0.3) is 0 Å². The Morgan fingerprint density at radius 3 is 1.54 bits per heavy atom. The van der Waals surface area contributed by atoms with Crippen molar-refractivity contribution in [1.82, 2.24) is 5.48 Å². The monoisotopic (exact) mass is 225 g/mol. The molecule has 0 fully saturated rings. The number of carbonyl (C=O) groups excluding carboxylic acids is 1. The van der Waals surface area contributed by atoms with Crippen LogP contribution in [0.5, 0.6) is 0 Å². The van der Waals surface area contributed by atoms with E-state index in [-0.39, 0.29) is 0 Å². The van der Waals surface area contributed by atoms with E-state index in [9.17, 15) is 18.0 Å². The standard InChI is InChI=1S/C2H5NO2.CHF3O3S/c1-2(4)3-5;2-1(3,4)8(5,6)7/h5H,1H3,(H,3,4);(H,5,6,7). The van der Waals surface area contributed by atoms with Crippen LogP contribution < -0.4 is 5.48 Å². The molecule has 0 aliphatic carbocycles. The minimum Gasteiger partial charge on any atom is -0.289 e. The molecule has 1 amide bonds. The largest absolute Gasteiger partial charge is 0.522 e. The van der Waals surface area contributed by atoms with Crippen molar-refractivity contribution >= 4 is 16.0 Å². The summed E-state index contributed by atoms with van der Waals surface area (Å²) in [5, 5.41) is 7.54. The van der Waals surface area contributed by atoms with Gasteiger partial charge in [0.25, 0.3) is 0 Å². The average Bonchev–Trinajstić information content (AvgIpc) is 1.84. The molecule has 0 unspecified atom stereocenters. The quantitative estimate of drug-likeness (QED) is 0.231. The van der Waals surface area contributed by atoms with Crippen LogP contribution in [0.3, 0.4) is 0 Å². The van der Waals surface area contributed by atoms with Crippen LogP contribution in [0.4, 0.5) is 13.2 Å². The first kappa shape index (κ1) is 14.6. The molecule has 0 saturated carbocycles. The Morgan fingerprint density at radius 2 is 1.54 bits per heavy atom. The smallest absolute Gasteiger partial charge is 0.289 e. The number of amides is 1. The van der Waals surface area contributed by atoms with E-state index in [1.165, 1.54) is 12.4 Å². The summed E-state index contributed by atoms with van der Waals surface area (Å²) >= 11 is 0. The van der Waals surface area contributed by atoms with Crippen LogP contribution >= 0.6 is 0 Å². The molecule has 0 aromatic heterocycles. The normalized spacial score (nSPS) is 11.2. The zero-order chi connectivity index (χ0) is 11.3. The highest BCUT2D eigenvalue weighted by molar-refractivity contribution is 7.86. The molecule has 3 N–H and O–H groups in total. The lowest BCUT2D eigenvalue weighted by Gasteiger charge is -1.97. The first-order valence-electron chi connectivity index (χ1n) is 2.46. The van der Waals surface area contributed by atoms with E-state index in [0.29, 0.717) is 0 Å². The molecular formula is C3H6F3NO5S. The molecule has 0 spiro atoms. The molecule has 80 valence electrons. The Labute approximate surface area is 71.1 Å². The van der Waals surface area contributed by atoms with E-state index in [1.54, 1.807) is 0 Å². The topological polar surface area (TPSA) is 104 Å². The fraction of sp³-hybridized carbons (Fsp3) is 0.667.